The van der Waals surface area contributed by atoms with E-state index in [9.17, 15) is 5.11 Å². The van der Waals surface area contributed by atoms with Crippen LogP contribution in [-0.2, 0) is 6.61 Å². The molecule has 2 aromatic rings. The molecule has 0 fully saturated rings. The largest absolute Gasteiger partial charge is 0.493 e. The molecule has 0 saturated carbocycles. The molecule has 0 bridgehead atoms. The van der Waals surface area contributed by atoms with Crippen LogP contribution in [0.5, 0.6) is 5.75 Å². The first-order valence-electron chi connectivity index (χ1n) is 7.47. The Kier molecular flexibility index (Phi) is 4.11. The average Bonchev–Trinajstić information content (AvgIpc) is 2.72. The van der Waals surface area contributed by atoms with Gasteiger partial charge in [0.05, 0.1) is 19.3 Å². The van der Waals surface area contributed by atoms with Crippen molar-refractivity contribution in [1.29, 1.82) is 0 Å². The molecule has 21 heavy (non-hydrogen) atoms. The molecule has 0 amide bonds. The molecule has 1 aliphatic rings. The van der Waals surface area contributed by atoms with Crippen LogP contribution in [-0.4, -0.2) is 11.7 Å². The fraction of sp³-hybridized carbons (Fsp3) is 0.333. The van der Waals surface area contributed by atoms with Gasteiger partial charge in [0.2, 0.25) is 0 Å². The standard InChI is InChI=1S/C18H21NO2/c1-13-6-4-8-15-17(10-5-11-21-18(13)15)19-16-9-3-2-7-14(16)12-20/h2-4,6-9,17,19-20H,5,10-12H2,1H3. The van der Waals surface area contributed by atoms with Gasteiger partial charge >= 0.3 is 0 Å². The zero-order valence-electron chi connectivity index (χ0n) is 12.3. The number of para-hydroxylation sites is 2. The van der Waals surface area contributed by atoms with E-state index in [-0.39, 0.29) is 12.6 Å². The van der Waals surface area contributed by atoms with Gasteiger partial charge in [0.15, 0.2) is 0 Å². The smallest absolute Gasteiger partial charge is 0.127 e. The first kappa shape index (κ1) is 14.0. The van der Waals surface area contributed by atoms with Gasteiger partial charge in [-0.05, 0) is 31.4 Å². The summed E-state index contributed by atoms with van der Waals surface area (Å²) in [6, 6.07) is 14.4. The van der Waals surface area contributed by atoms with Gasteiger partial charge in [0.25, 0.3) is 0 Å². The minimum Gasteiger partial charge on any atom is -0.493 e. The highest BCUT2D eigenvalue weighted by molar-refractivity contribution is 5.54. The summed E-state index contributed by atoms with van der Waals surface area (Å²) < 4.78 is 5.91. The van der Waals surface area contributed by atoms with E-state index in [0.717, 1.165) is 36.4 Å². The highest BCUT2D eigenvalue weighted by atomic mass is 16.5. The van der Waals surface area contributed by atoms with Crippen molar-refractivity contribution < 1.29 is 9.84 Å². The molecule has 0 radical (unpaired) electrons. The molecule has 0 saturated heterocycles. The van der Waals surface area contributed by atoms with Crippen molar-refractivity contribution in [3.05, 3.63) is 59.2 Å². The lowest BCUT2D eigenvalue weighted by atomic mass is 9.99. The summed E-state index contributed by atoms with van der Waals surface area (Å²) in [5.74, 6) is 1.01. The monoisotopic (exact) mass is 283 g/mol. The fourth-order valence-electron chi connectivity index (χ4n) is 2.90. The third-order valence-corrected chi connectivity index (χ3v) is 4.02. The van der Waals surface area contributed by atoms with E-state index >= 15 is 0 Å². The molecule has 1 unspecified atom stereocenters. The summed E-state index contributed by atoms with van der Waals surface area (Å²) in [5.41, 5.74) is 4.31. The van der Waals surface area contributed by atoms with Gasteiger partial charge in [-0.25, -0.2) is 0 Å². The Balaban J connectivity index is 1.94. The summed E-state index contributed by atoms with van der Waals surface area (Å²) in [7, 11) is 0. The van der Waals surface area contributed by atoms with Crippen LogP contribution >= 0.6 is 0 Å². The first-order valence-corrected chi connectivity index (χ1v) is 7.47. The summed E-state index contributed by atoms with van der Waals surface area (Å²) in [6.07, 6.45) is 2.04. The molecule has 3 heteroatoms. The number of aliphatic hydroxyl groups is 1. The molecule has 3 rings (SSSR count). The van der Waals surface area contributed by atoms with Crippen LogP contribution < -0.4 is 10.1 Å². The zero-order valence-corrected chi connectivity index (χ0v) is 12.3. The Morgan fingerprint density at radius 2 is 2.05 bits per heavy atom. The number of nitrogens with one attached hydrogen (secondary N) is 1. The van der Waals surface area contributed by atoms with E-state index in [0.29, 0.717) is 0 Å². The number of hydrogen-bond donors (Lipinski definition) is 2. The van der Waals surface area contributed by atoms with E-state index < -0.39 is 0 Å². The molecule has 110 valence electrons. The maximum Gasteiger partial charge on any atom is 0.127 e. The number of ether oxygens (including phenoxy) is 1. The van der Waals surface area contributed by atoms with Crippen LogP contribution in [0.2, 0.25) is 0 Å². The first-order chi connectivity index (χ1) is 10.3. The molecule has 0 aromatic heterocycles. The zero-order chi connectivity index (χ0) is 14.7. The second-order valence-corrected chi connectivity index (χ2v) is 5.50. The van der Waals surface area contributed by atoms with Crippen molar-refractivity contribution in [2.45, 2.75) is 32.4 Å². The molecule has 2 aromatic carbocycles. The maximum atomic E-state index is 9.48. The van der Waals surface area contributed by atoms with E-state index in [1.54, 1.807) is 0 Å². The molecule has 3 nitrogen and oxygen atoms in total. The Hall–Kier alpha value is -2.00. The number of aryl methyl sites for hydroxylation is 1. The molecular weight excluding hydrogens is 262 g/mol. The molecular formula is C18H21NO2. The van der Waals surface area contributed by atoms with Crippen LogP contribution in [0.25, 0.3) is 0 Å². The molecule has 1 aliphatic heterocycles. The van der Waals surface area contributed by atoms with Crippen molar-refractivity contribution in [3.8, 4) is 5.75 Å². The van der Waals surface area contributed by atoms with Crippen LogP contribution in [0.1, 0.15) is 35.6 Å². The lowest BCUT2D eigenvalue weighted by Gasteiger charge is -2.22. The van der Waals surface area contributed by atoms with E-state index in [1.807, 2.05) is 24.3 Å². The summed E-state index contributed by atoms with van der Waals surface area (Å²) in [4.78, 5) is 0. The Morgan fingerprint density at radius 1 is 1.19 bits per heavy atom. The number of benzene rings is 2. The van der Waals surface area contributed by atoms with Crippen molar-refractivity contribution in [2.24, 2.45) is 0 Å². The fourth-order valence-corrected chi connectivity index (χ4v) is 2.90. The molecule has 0 spiro atoms. The van der Waals surface area contributed by atoms with Crippen LogP contribution in [0.3, 0.4) is 0 Å². The minimum absolute atomic E-state index is 0.0487. The van der Waals surface area contributed by atoms with Gasteiger partial charge in [-0.3, -0.25) is 0 Å². The topological polar surface area (TPSA) is 41.5 Å². The molecule has 1 atom stereocenters. The number of fused-ring (bicyclic) bond motifs is 1. The molecule has 2 N–H and O–H groups in total. The number of hydrogen-bond acceptors (Lipinski definition) is 3. The second kappa shape index (κ2) is 6.19. The highest BCUT2D eigenvalue weighted by Crippen LogP contribution is 2.36. The quantitative estimate of drug-likeness (QED) is 0.900. The average molecular weight is 283 g/mol. The lowest BCUT2D eigenvalue weighted by Crippen LogP contribution is -2.12. The predicted molar refractivity (Wildman–Crippen MR) is 84.6 cm³/mol. The molecule has 1 heterocycles. The third-order valence-electron chi connectivity index (χ3n) is 4.02. The van der Waals surface area contributed by atoms with Crippen LogP contribution in [0.15, 0.2) is 42.5 Å². The molecule has 0 aliphatic carbocycles. The van der Waals surface area contributed by atoms with Crippen molar-refractivity contribution in [1.82, 2.24) is 0 Å². The highest BCUT2D eigenvalue weighted by Gasteiger charge is 2.21. The van der Waals surface area contributed by atoms with Crippen molar-refractivity contribution >= 4 is 5.69 Å². The Labute approximate surface area is 125 Å². The van der Waals surface area contributed by atoms with Crippen molar-refractivity contribution in [2.75, 3.05) is 11.9 Å². The predicted octanol–water partition coefficient (Wildman–Crippen LogP) is 3.81. The van der Waals surface area contributed by atoms with Crippen LogP contribution in [0.4, 0.5) is 5.69 Å². The van der Waals surface area contributed by atoms with Gasteiger partial charge in [-0.15, -0.1) is 0 Å². The van der Waals surface area contributed by atoms with Gasteiger partial charge in [-0.1, -0.05) is 36.4 Å². The van der Waals surface area contributed by atoms with Crippen LogP contribution in [0, 0.1) is 6.92 Å². The normalized spacial score (nSPS) is 17.5. The van der Waals surface area contributed by atoms with Gasteiger partial charge in [-0.2, -0.15) is 0 Å². The second-order valence-electron chi connectivity index (χ2n) is 5.50. The van der Waals surface area contributed by atoms with Gasteiger partial charge in [0.1, 0.15) is 5.75 Å². The van der Waals surface area contributed by atoms with E-state index in [2.05, 4.69) is 30.4 Å². The minimum atomic E-state index is 0.0487. The summed E-state index contributed by atoms with van der Waals surface area (Å²) in [5, 5.41) is 13.1. The third kappa shape index (κ3) is 2.88. The van der Waals surface area contributed by atoms with E-state index in [1.165, 1.54) is 11.1 Å². The lowest BCUT2D eigenvalue weighted by molar-refractivity contribution is 0.282. The summed E-state index contributed by atoms with van der Waals surface area (Å²) in [6.45, 7) is 2.90. The Bertz CT molecular complexity index is 624. The SMILES string of the molecule is Cc1cccc2c1OCCCC2Nc1ccccc1CO. The Morgan fingerprint density at radius 3 is 2.90 bits per heavy atom. The van der Waals surface area contributed by atoms with E-state index in [4.69, 9.17) is 4.74 Å². The van der Waals surface area contributed by atoms with Gasteiger partial charge < -0.3 is 15.2 Å². The van der Waals surface area contributed by atoms with Gasteiger partial charge in [0, 0.05) is 16.8 Å². The summed E-state index contributed by atoms with van der Waals surface area (Å²) >= 11 is 0. The number of aliphatic hydroxyl groups excluding tert-OH is 1. The number of rotatable bonds is 3. The number of anilines is 1. The maximum absolute atomic E-state index is 9.48. The van der Waals surface area contributed by atoms with Crippen molar-refractivity contribution in [3.63, 3.8) is 0 Å².